The van der Waals surface area contributed by atoms with Gasteiger partial charge in [-0.1, -0.05) is 17.7 Å². The normalized spacial score (nSPS) is 13.8. The highest BCUT2D eigenvalue weighted by molar-refractivity contribution is 6.37. The van der Waals surface area contributed by atoms with E-state index < -0.39 is 29.4 Å². The highest BCUT2D eigenvalue weighted by Gasteiger charge is 2.41. The van der Waals surface area contributed by atoms with E-state index in [1.54, 1.807) is 6.92 Å². The molecule has 5 rings (SSSR count). The van der Waals surface area contributed by atoms with E-state index in [1.807, 2.05) is 0 Å². The maximum atomic E-state index is 14.5. The number of rotatable bonds is 2. The zero-order chi connectivity index (χ0) is 23.7. The van der Waals surface area contributed by atoms with Crippen LogP contribution in [0.5, 0.6) is 0 Å². The largest absolute Gasteiger partial charge is 0.416 e. The second kappa shape index (κ2) is 7.11. The molecule has 0 bridgehead atoms. The van der Waals surface area contributed by atoms with Crippen LogP contribution in [0.2, 0.25) is 5.02 Å². The van der Waals surface area contributed by atoms with Gasteiger partial charge in [-0.25, -0.2) is 19.0 Å². The molecule has 0 radical (unpaired) electrons. The fourth-order valence-corrected chi connectivity index (χ4v) is 4.00. The fraction of sp³-hybridized carbons (Fsp3) is 0.0909. The molecule has 0 aliphatic carbocycles. The van der Waals surface area contributed by atoms with Gasteiger partial charge >= 0.3 is 6.18 Å². The lowest BCUT2D eigenvalue weighted by Gasteiger charge is -2.16. The van der Waals surface area contributed by atoms with Crippen LogP contribution in [0, 0.1) is 12.7 Å². The van der Waals surface area contributed by atoms with Crippen LogP contribution in [-0.4, -0.2) is 26.6 Å². The van der Waals surface area contributed by atoms with Crippen LogP contribution in [0.4, 0.5) is 23.2 Å². The highest BCUT2D eigenvalue weighted by atomic mass is 35.5. The van der Waals surface area contributed by atoms with Gasteiger partial charge in [0.1, 0.15) is 11.5 Å². The van der Waals surface area contributed by atoms with Crippen molar-refractivity contribution in [2.24, 2.45) is 0 Å². The first-order chi connectivity index (χ1) is 15.6. The van der Waals surface area contributed by atoms with Crippen LogP contribution in [0.3, 0.4) is 0 Å². The minimum absolute atomic E-state index is 0.0245. The molecule has 0 spiro atoms. The standard InChI is InChI=1S/C22H11ClF4N4O2/c1-10-17-18-14(9-28-19(17)31(29-10)16-6-5-12(23)8-15(16)24)20(32)30(21(18)33)13-4-2-3-11(7-13)22(25,26)27/h2-9H,1H3. The van der Waals surface area contributed by atoms with E-state index in [2.05, 4.69) is 10.1 Å². The Bertz CT molecular complexity index is 1500. The van der Waals surface area contributed by atoms with Crippen molar-refractivity contribution in [2.45, 2.75) is 13.1 Å². The van der Waals surface area contributed by atoms with Crippen LogP contribution in [0.1, 0.15) is 32.0 Å². The number of carbonyl (C=O) groups excluding carboxylic acids is 2. The summed E-state index contributed by atoms with van der Waals surface area (Å²) >= 11 is 5.81. The molecule has 33 heavy (non-hydrogen) atoms. The number of aryl methyl sites for hydroxylation is 1. The summed E-state index contributed by atoms with van der Waals surface area (Å²) in [5.41, 5.74) is -0.934. The third-order valence-corrected chi connectivity index (χ3v) is 5.53. The maximum absolute atomic E-state index is 14.5. The number of benzene rings is 2. The van der Waals surface area contributed by atoms with E-state index in [0.29, 0.717) is 4.90 Å². The molecule has 11 heteroatoms. The number of imide groups is 1. The lowest BCUT2D eigenvalue weighted by atomic mass is 10.1. The summed E-state index contributed by atoms with van der Waals surface area (Å²) in [5.74, 6) is -2.31. The molecule has 0 unspecified atom stereocenters. The molecule has 0 N–H and O–H groups in total. The van der Waals surface area contributed by atoms with Crippen LogP contribution in [-0.2, 0) is 6.18 Å². The van der Waals surface area contributed by atoms with Crippen molar-refractivity contribution in [3.63, 3.8) is 0 Å². The van der Waals surface area contributed by atoms with Crippen LogP contribution in [0.25, 0.3) is 16.7 Å². The van der Waals surface area contributed by atoms with E-state index in [9.17, 15) is 27.2 Å². The third-order valence-electron chi connectivity index (χ3n) is 5.29. The van der Waals surface area contributed by atoms with Crippen molar-refractivity contribution in [1.82, 2.24) is 14.8 Å². The minimum atomic E-state index is -4.65. The van der Waals surface area contributed by atoms with Gasteiger partial charge in [0.05, 0.1) is 33.5 Å². The van der Waals surface area contributed by atoms with Gasteiger partial charge in [0.25, 0.3) is 11.8 Å². The number of alkyl halides is 3. The first-order valence-corrected chi connectivity index (χ1v) is 9.85. The predicted molar refractivity (Wildman–Crippen MR) is 111 cm³/mol. The zero-order valence-corrected chi connectivity index (χ0v) is 17.4. The summed E-state index contributed by atoms with van der Waals surface area (Å²) in [6.07, 6.45) is -3.51. The number of aromatic nitrogens is 3. The molecule has 0 fully saturated rings. The fourth-order valence-electron chi connectivity index (χ4n) is 3.84. The average Bonchev–Trinajstić information content (AvgIpc) is 3.21. The first-order valence-electron chi connectivity index (χ1n) is 9.47. The molecule has 2 aromatic heterocycles. The molecule has 6 nitrogen and oxygen atoms in total. The summed E-state index contributed by atoms with van der Waals surface area (Å²) in [6, 6.07) is 7.86. The van der Waals surface area contributed by atoms with E-state index in [4.69, 9.17) is 11.6 Å². The molecule has 2 amide bonds. The van der Waals surface area contributed by atoms with Crippen molar-refractivity contribution in [1.29, 1.82) is 0 Å². The van der Waals surface area contributed by atoms with E-state index >= 15 is 0 Å². The Morgan fingerprint density at radius 1 is 1.03 bits per heavy atom. The molecule has 166 valence electrons. The van der Waals surface area contributed by atoms with Crippen molar-refractivity contribution >= 4 is 40.1 Å². The van der Waals surface area contributed by atoms with Gasteiger partial charge in [0.15, 0.2) is 5.65 Å². The van der Waals surface area contributed by atoms with Crippen molar-refractivity contribution in [3.8, 4) is 5.69 Å². The van der Waals surface area contributed by atoms with Crippen LogP contribution in [0.15, 0.2) is 48.7 Å². The minimum Gasteiger partial charge on any atom is -0.268 e. The average molecular weight is 475 g/mol. The zero-order valence-electron chi connectivity index (χ0n) is 16.6. The van der Waals surface area contributed by atoms with Gasteiger partial charge in [-0.3, -0.25) is 9.59 Å². The molecule has 0 saturated heterocycles. The van der Waals surface area contributed by atoms with Gasteiger partial charge in [0, 0.05) is 11.2 Å². The molecule has 3 heterocycles. The molecule has 0 atom stereocenters. The summed E-state index contributed by atoms with van der Waals surface area (Å²) in [7, 11) is 0. The quantitative estimate of drug-likeness (QED) is 0.290. The summed E-state index contributed by atoms with van der Waals surface area (Å²) in [4.78, 5) is 31.1. The van der Waals surface area contributed by atoms with Crippen LogP contribution >= 0.6 is 11.6 Å². The van der Waals surface area contributed by atoms with Gasteiger partial charge in [-0.15, -0.1) is 0 Å². The Kier molecular flexibility index (Phi) is 4.54. The number of hydrogen-bond acceptors (Lipinski definition) is 4. The number of halogens is 5. The lowest BCUT2D eigenvalue weighted by Crippen LogP contribution is -2.29. The monoisotopic (exact) mass is 474 g/mol. The van der Waals surface area contributed by atoms with Gasteiger partial charge in [-0.2, -0.15) is 18.3 Å². The Hall–Kier alpha value is -3.79. The highest BCUT2D eigenvalue weighted by Crippen LogP contribution is 2.37. The molecular formula is C22H11ClF4N4O2. The van der Waals surface area contributed by atoms with Crippen molar-refractivity contribution in [2.75, 3.05) is 4.90 Å². The Labute approximate surface area is 188 Å². The number of nitrogens with zero attached hydrogens (tertiary/aromatic N) is 4. The van der Waals surface area contributed by atoms with Gasteiger partial charge in [0.2, 0.25) is 0 Å². The second-order valence-corrected chi connectivity index (χ2v) is 7.77. The SMILES string of the molecule is Cc1nn(-c2ccc(Cl)cc2F)c2ncc3c(c12)C(=O)N(c1cccc(C(F)(F)F)c1)C3=O. The summed E-state index contributed by atoms with van der Waals surface area (Å²) in [6.45, 7) is 1.55. The predicted octanol–water partition coefficient (Wildman–Crippen LogP) is 5.34. The summed E-state index contributed by atoms with van der Waals surface area (Å²) < 4.78 is 55.1. The Morgan fingerprint density at radius 3 is 2.48 bits per heavy atom. The van der Waals surface area contributed by atoms with Crippen molar-refractivity contribution in [3.05, 3.63) is 81.9 Å². The number of carbonyl (C=O) groups is 2. The summed E-state index contributed by atoms with van der Waals surface area (Å²) in [5, 5.41) is 4.65. The Balaban J connectivity index is 1.68. The van der Waals surface area contributed by atoms with Gasteiger partial charge in [-0.05, 0) is 43.3 Å². The number of fused-ring (bicyclic) bond motifs is 3. The molecular weight excluding hydrogens is 464 g/mol. The van der Waals surface area contributed by atoms with E-state index in [-0.39, 0.29) is 44.3 Å². The van der Waals surface area contributed by atoms with Gasteiger partial charge < -0.3 is 0 Å². The number of amides is 2. The topological polar surface area (TPSA) is 68.1 Å². The molecule has 0 saturated carbocycles. The number of hydrogen-bond donors (Lipinski definition) is 0. The van der Waals surface area contributed by atoms with Crippen molar-refractivity contribution < 1.29 is 27.2 Å². The number of pyridine rings is 1. The first kappa shape index (κ1) is 21.1. The second-order valence-electron chi connectivity index (χ2n) is 7.33. The lowest BCUT2D eigenvalue weighted by molar-refractivity contribution is -0.137. The van der Waals surface area contributed by atoms with E-state index in [1.165, 1.54) is 22.9 Å². The Morgan fingerprint density at radius 2 is 1.79 bits per heavy atom. The molecule has 2 aromatic carbocycles. The smallest absolute Gasteiger partial charge is 0.268 e. The number of anilines is 1. The maximum Gasteiger partial charge on any atom is 0.416 e. The van der Waals surface area contributed by atoms with E-state index in [0.717, 1.165) is 30.5 Å². The van der Waals surface area contributed by atoms with Crippen LogP contribution < -0.4 is 4.90 Å². The molecule has 1 aliphatic heterocycles. The molecule has 1 aliphatic rings. The third kappa shape index (κ3) is 3.17. The molecule has 4 aromatic rings.